The van der Waals surface area contributed by atoms with Crippen molar-refractivity contribution in [3.05, 3.63) is 94.5 Å². The Balaban J connectivity index is 2.09. The van der Waals surface area contributed by atoms with Crippen molar-refractivity contribution in [2.24, 2.45) is 0 Å². The van der Waals surface area contributed by atoms with Crippen molar-refractivity contribution in [2.45, 2.75) is 78.4 Å². The van der Waals surface area contributed by atoms with Gasteiger partial charge in [-0.25, -0.2) is 8.42 Å². The second-order valence-electron chi connectivity index (χ2n) is 11.5. The number of carbonyl (C=O) groups is 2. The average molecular weight is 564 g/mol. The molecule has 3 aromatic carbocycles. The summed E-state index contributed by atoms with van der Waals surface area (Å²) >= 11 is 0. The smallest absolute Gasteiger partial charge is 0.264 e. The highest BCUT2D eigenvalue weighted by Gasteiger charge is 2.34. The summed E-state index contributed by atoms with van der Waals surface area (Å²) in [6, 6.07) is 18.9. The standard InChI is InChI=1S/C32H41N3O4S/c1-22-14-17-28(18-15-22)40(38,39)35(29-19-23(2)13-16-25(29)4)21-30(36)34(20-27-12-10-9-11-24(27)3)26(5)31(37)33-32(6,7)8/h9-19,26H,20-21H2,1-8H3,(H,33,37)/t26-/m1/s1. The summed E-state index contributed by atoms with van der Waals surface area (Å²) in [7, 11) is -4.11. The molecule has 0 fully saturated rings. The minimum Gasteiger partial charge on any atom is -0.350 e. The number of hydrogen-bond acceptors (Lipinski definition) is 4. The number of nitrogens with one attached hydrogen (secondary N) is 1. The highest BCUT2D eigenvalue weighted by Crippen LogP contribution is 2.29. The number of carbonyl (C=O) groups excluding carboxylic acids is 2. The van der Waals surface area contributed by atoms with E-state index in [1.807, 2.05) is 84.9 Å². The van der Waals surface area contributed by atoms with Crippen LogP contribution in [0.3, 0.4) is 0 Å². The number of sulfonamides is 1. The third-order valence-corrected chi connectivity index (χ3v) is 8.56. The van der Waals surface area contributed by atoms with Crippen LogP contribution in [0.25, 0.3) is 0 Å². The largest absolute Gasteiger partial charge is 0.350 e. The number of hydrogen-bond donors (Lipinski definition) is 1. The summed E-state index contributed by atoms with van der Waals surface area (Å²) in [6.45, 7) is 14.5. The Hall–Kier alpha value is -3.65. The molecule has 2 amide bonds. The van der Waals surface area contributed by atoms with Gasteiger partial charge in [0.05, 0.1) is 10.6 Å². The lowest BCUT2D eigenvalue weighted by molar-refractivity contribution is -0.140. The lowest BCUT2D eigenvalue weighted by atomic mass is 10.1. The molecular weight excluding hydrogens is 522 g/mol. The second-order valence-corrected chi connectivity index (χ2v) is 13.3. The molecule has 3 rings (SSSR count). The van der Waals surface area contributed by atoms with Gasteiger partial charge in [-0.05, 0) is 95.8 Å². The average Bonchev–Trinajstić information content (AvgIpc) is 2.87. The molecule has 0 aliphatic carbocycles. The van der Waals surface area contributed by atoms with E-state index < -0.39 is 34.1 Å². The monoisotopic (exact) mass is 563 g/mol. The van der Waals surface area contributed by atoms with Gasteiger partial charge in [-0.1, -0.05) is 54.1 Å². The maximum Gasteiger partial charge on any atom is 0.264 e. The van der Waals surface area contributed by atoms with Crippen LogP contribution in [0, 0.1) is 27.7 Å². The molecule has 40 heavy (non-hydrogen) atoms. The van der Waals surface area contributed by atoms with Crippen LogP contribution >= 0.6 is 0 Å². The second kappa shape index (κ2) is 12.3. The number of anilines is 1. The van der Waals surface area contributed by atoms with E-state index in [1.165, 1.54) is 9.21 Å². The van der Waals surface area contributed by atoms with E-state index in [-0.39, 0.29) is 17.3 Å². The number of amides is 2. The van der Waals surface area contributed by atoms with Crippen molar-refractivity contribution >= 4 is 27.5 Å². The Morgan fingerprint density at radius 1 is 0.850 bits per heavy atom. The van der Waals surface area contributed by atoms with Gasteiger partial charge < -0.3 is 10.2 Å². The molecule has 0 aliphatic heterocycles. The first-order valence-electron chi connectivity index (χ1n) is 13.4. The molecular formula is C32H41N3O4S. The molecule has 0 radical (unpaired) electrons. The van der Waals surface area contributed by atoms with E-state index in [0.717, 1.165) is 27.8 Å². The third-order valence-electron chi connectivity index (χ3n) is 6.79. The molecule has 0 unspecified atom stereocenters. The van der Waals surface area contributed by atoms with Crippen molar-refractivity contribution < 1.29 is 18.0 Å². The zero-order valence-corrected chi connectivity index (χ0v) is 25.6. The van der Waals surface area contributed by atoms with Crippen molar-refractivity contribution in [1.82, 2.24) is 10.2 Å². The lowest BCUT2D eigenvalue weighted by Gasteiger charge is -2.34. The van der Waals surface area contributed by atoms with Gasteiger partial charge in [-0.3, -0.25) is 13.9 Å². The fourth-order valence-corrected chi connectivity index (χ4v) is 5.84. The zero-order valence-electron chi connectivity index (χ0n) is 24.8. The van der Waals surface area contributed by atoms with E-state index >= 15 is 0 Å². The van der Waals surface area contributed by atoms with Crippen molar-refractivity contribution in [1.29, 1.82) is 0 Å². The first kappa shape index (κ1) is 30.9. The summed E-state index contributed by atoms with van der Waals surface area (Å²) in [4.78, 5) is 28.9. The molecule has 214 valence electrons. The van der Waals surface area contributed by atoms with E-state index in [0.29, 0.717) is 5.69 Å². The van der Waals surface area contributed by atoms with Gasteiger partial charge >= 0.3 is 0 Å². The lowest BCUT2D eigenvalue weighted by Crippen LogP contribution is -2.54. The van der Waals surface area contributed by atoms with E-state index in [4.69, 9.17) is 0 Å². The maximum atomic E-state index is 14.1. The number of aryl methyl sites for hydroxylation is 4. The predicted molar refractivity (Wildman–Crippen MR) is 161 cm³/mol. The Labute approximate surface area is 239 Å². The molecule has 1 atom stereocenters. The van der Waals surface area contributed by atoms with Gasteiger partial charge in [0.25, 0.3) is 10.0 Å². The van der Waals surface area contributed by atoms with Gasteiger partial charge in [-0.15, -0.1) is 0 Å². The van der Waals surface area contributed by atoms with Crippen LogP contribution in [0.4, 0.5) is 5.69 Å². The molecule has 0 saturated heterocycles. The van der Waals surface area contributed by atoms with Gasteiger partial charge in [0.15, 0.2) is 0 Å². The highest BCUT2D eigenvalue weighted by atomic mass is 32.2. The molecule has 0 aliphatic rings. The summed E-state index contributed by atoms with van der Waals surface area (Å²) in [5.41, 5.74) is 4.30. The van der Waals surface area contributed by atoms with E-state index in [9.17, 15) is 18.0 Å². The summed E-state index contributed by atoms with van der Waals surface area (Å²) in [6.07, 6.45) is 0. The van der Waals surface area contributed by atoms with Crippen LogP contribution in [0.2, 0.25) is 0 Å². The Morgan fingerprint density at radius 3 is 2.05 bits per heavy atom. The highest BCUT2D eigenvalue weighted by molar-refractivity contribution is 7.92. The summed E-state index contributed by atoms with van der Waals surface area (Å²) in [5.74, 6) is -0.787. The third kappa shape index (κ3) is 7.50. The molecule has 1 N–H and O–H groups in total. The van der Waals surface area contributed by atoms with E-state index in [1.54, 1.807) is 37.3 Å². The van der Waals surface area contributed by atoms with Gasteiger partial charge in [-0.2, -0.15) is 0 Å². The van der Waals surface area contributed by atoms with Crippen molar-refractivity contribution in [2.75, 3.05) is 10.8 Å². The Kier molecular flexibility index (Phi) is 9.46. The van der Waals surface area contributed by atoms with Crippen LogP contribution in [0.15, 0.2) is 71.6 Å². The summed E-state index contributed by atoms with van der Waals surface area (Å²) in [5, 5.41) is 2.95. The molecule has 0 saturated carbocycles. The van der Waals surface area contributed by atoms with Crippen LogP contribution in [0.1, 0.15) is 55.5 Å². The SMILES string of the molecule is Cc1ccc(S(=O)(=O)N(CC(=O)N(Cc2ccccc2C)[C@H](C)C(=O)NC(C)(C)C)c2cc(C)ccc2C)cc1. The van der Waals surface area contributed by atoms with Crippen LogP contribution in [-0.4, -0.2) is 43.3 Å². The number of nitrogens with zero attached hydrogens (tertiary/aromatic N) is 2. The first-order chi connectivity index (χ1) is 18.6. The molecule has 7 nitrogen and oxygen atoms in total. The molecule has 0 aromatic heterocycles. The van der Waals surface area contributed by atoms with E-state index in [2.05, 4.69) is 5.32 Å². The minimum atomic E-state index is -4.11. The quantitative estimate of drug-likeness (QED) is 0.375. The topological polar surface area (TPSA) is 86.8 Å². The minimum absolute atomic E-state index is 0.0933. The summed E-state index contributed by atoms with van der Waals surface area (Å²) < 4.78 is 29.3. The van der Waals surface area contributed by atoms with Crippen molar-refractivity contribution in [3.63, 3.8) is 0 Å². The number of benzene rings is 3. The number of rotatable bonds is 9. The molecule has 3 aromatic rings. The van der Waals surface area contributed by atoms with Crippen LogP contribution in [0.5, 0.6) is 0 Å². The first-order valence-corrected chi connectivity index (χ1v) is 14.9. The maximum absolute atomic E-state index is 14.1. The fraction of sp³-hybridized carbons (Fsp3) is 0.375. The zero-order chi connectivity index (χ0) is 29.8. The van der Waals surface area contributed by atoms with Gasteiger partial charge in [0.2, 0.25) is 11.8 Å². The molecule has 8 heteroatoms. The Bertz CT molecular complexity index is 1470. The Morgan fingerprint density at radius 2 is 1.45 bits per heavy atom. The van der Waals surface area contributed by atoms with Gasteiger partial charge in [0.1, 0.15) is 12.6 Å². The molecule has 0 bridgehead atoms. The van der Waals surface area contributed by atoms with Crippen LogP contribution < -0.4 is 9.62 Å². The van der Waals surface area contributed by atoms with Crippen molar-refractivity contribution in [3.8, 4) is 0 Å². The molecule has 0 spiro atoms. The van der Waals surface area contributed by atoms with Crippen LogP contribution in [-0.2, 0) is 26.2 Å². The van der Waals surface area contributed by atoms with Gasteiger partial charge in [0, 0.05) is 12.1 Å². The molecule has 0 heterocycles. The fourth-order valence-electron chi connectivity index (χ4n) is 4.37. The predicted octanol–water partition coefficient (Wildman–Crippen LogP) is 5.45. The normalized spacial score (nSPS) is 12.5.